The Labute approximate surface area is 142 Å². The van der Waals surface area contributed by atoms with Gasteiger partial charge in [0.2, 0.25) is 0 Å². The molecule has 23 heavy (non-hydrogen) atoms. The van der Waals surface area contributed by atoms with Crippen molar-refractivity contribution in [3.63, 3.8) is 0 Å². The van der Waals surface area contributed by atoms with E-state index in [4.69, 9.17) is 15.9 Å². The van der Waals surface area contributed by atoms with Gasteiger partial charge in [0, 0.05) is 18.3 Å². The van der Waals surface area contributed by atoms with Crippen LogP contribution < -0.4 is 5.73 Å². The molecule has 0 heterocycles. The van der Waals surface area contributed by atoms with Crippen molar-refractivity contribution in [3.8, 4) is 0 Å². The first-order valence-electron chi connectivity index (χ1n) is 8.39. The van der Waals surface area contributed by atoms with Crippen LogP contribution in [0.15, 0.2) is 36.6 Å². The Hall–Kier alpha value is -1.39. The lowest BCUT2D eigenvalue weighted by Gasteiger charge is -2.32. The van der Waals surface area contributed by atoms with E-state index in [-0.39, 0.29) is 6.17 Å². The van der Waals surface area contributed by atoms with Gasteiger partial charge in [-0.25, -0.2) is 0 Å². The maximum atomic E-state index is 7.83. The SMILES string of the molecule is C=C(C)C(=C)OCCCC(N)N(CCCC(=N)C(=C)C)C(C)C. The Morgan fingerprint density at radius 2 is 1.74 bits per heavy atom. The molecule has 0 aliphatic rings. The van der Waals surface area contributed by atoms with Crippen LogP contribution in [-0.2, 0) is 4.74 Å². The molecule has 4 heteroatoms. The average molecular weight is 322 g/mol. The highest BCUT2D eigenvalue weighted by Gasteiger charge is 2.17. The van der Waals surface area contributed by atoms with Crippen LogP contribution in [0.25, 0.3) is 0 Å². The van der Waals surface area contributed by atoms with Crippen LogP contribution in [-0.4, -0.2) is 36.0 Å². The molecule has 0 amide bonds. The molecule has 0 saturated carbocycles. The van der Waals surface area contributed by atoms with E-state index >= 15 is 0 Å². The van der Waals surface area contributed by atoms with E-state index in [1.165, 1.54) is 0 Å². The summed E-state index contributed by atoms with van der Waals surface area (Å²) in [6, 6.07) is 0.385. The first-order chi connectivity index (χ1) is 10.7. The van der Waals surface area contributed by atoms with Gasteiger partial charge in [-0.15, -0.1) is 0 Å². The van der Waals surface area contributed by atoms with Gasteiger partial charge in [-0.1, -0.05) is 19.7 Å². The lowest BCUT2D eigenvalue weighted by molar-refractivity contribution is 0.133. The van der Waals surface area contributed by atoms with Crippen molar-refractivity contribution >= 4 is 5.71 Å². The third kappa shape index (κ3) is 9.36. The van der Waals surface area contributed by atoms with Gasteiger partial charge in [-0.2, -0.15) is 0 Å². The molecule has 1 atom stereocenters. The summed E-state index contributed by atoms with van der Waals surface area (Å²) in [4.78, 5) is 2.29. The molecule has 0 aromatic heterocycles. The summed E-state index contributed by atoms with van der Waals surface area (Å²) in [5, 5.41) is 7.83. The monoisotopic (exact) mass is 321 g/mol. The van der Waals surface area contributed by atoms with E-state index in [9.17, 15) is 0 Å². The van der Waals surface area contributed by atoms with Crippen LogP contribution >= 0.6 is 0 Å². The van der Waals surface area contributed by atoms with E-state index in [1.807, 2.05) is 13.8 Å². The molecule has 0 aliphatic heterocycles. The summed E-state index contributed by atoms with van der Waals surface area (Å²) >= 11 is 0. The van der Waals surface area contributed by atoms with Gasteiger partial charge in [0.05, 0.1) is 12.8 Å². The number of nitrogens with zero attached hydrogens (tertiary/aromatic N) is 1. The van der Waals surface area contributed by atoms with E-state index < -0.39 is 0 Å². The number of hydrogen-bond donors (Lipinski definition) is 2. The predicted molar refractivity (Wildman–Crippen MR) is 101 cm³/mol. The normalized spacial score (nSPS) is 12.3. The number of allylic oxidation sites excluding steroid dienone is 2. The zero-order valence-corrected chi connectivity index (χ0v) is 15.5. The number of nitrogens with two attached hydrogens (primary N) is 1. The molecular weight excluding hydrogens is 286 g/mol. The van der Waals surface area contributed by atoms with Crippen LogP contribution in [0.1, 0.15) is 53.4 Å². The Bertz CT molecular complexity index is 426. The molecule has 0 bridgehead atoms. The summed E-state index contributed by atoms with van der Waals surface area (Å²) in [7, 11) is 0. The molecule has 4 nitrogen and oxygen atoms in total. The maximum absolute atomic E-state index is 7.83. The zero-order valence-electron chi connectivity index (χ0n) is 15.5. The lowest BCUT2D eigenvalue weighted by atomic mass is 10.1. The Morgan fingerprint density at radius 1 is 1.13 bits per heavy atom. The molecule has 0 fully saturated rings. The third-order valence-electron chi connectivity index (χ3n) is 3.84. The number of rotatable bonds is 13. The van der Waals surface area contributed by atoms with Gasteiger partial charge < -0.3 is 15.9 Å². The fourth-order valence-electron chi connectivity index (χ4n) is 2.24. The minimum atomic E-state index is 0.00991. The molecule has 0 aromatic carbocycles. The van der Waals surface area contributed by atoms with Crippen LogP contribution in [0.5, 0.6) is 0 Å². The summed E-state index contributed by atoms with van der Waals surface area (Å²) in [5.74, 6) is 0.651. The lowest BCUT2D eigenvalue weighted by Crippen LogP contribution is -2.46. The second-order valence-corrected chi connectivity index (χ2v) is 6.46. The molecule has 1 unspecified atom stereocenters. The third-order valence-corrected chi connectivity index (χ3v) is 3.84. The molecule has 3 N–H and O–H groups in total. The van der Waals surface area contributed by atoms with Crippen molar-refractivity contribution in [2.75, 3.05) is 13.2 Å². The van der Waals surface area contributed by atoms with Crippen molar-refractivity contribution in [3.05, 3.63) is 36.6 Å². The topological polar surface area (TPSA) is 62.3 Å². The first kappa shape index (κ1) is 21.6. The quantitative estimate of drug-likeness (QED) is 0.175. The fraction of sp³-hybridized carbons (Fsp3) is 0.632. The minimum Gasteiger partial charge on any atom is -0.494 e. The van der Waals surface area contributed by atoms with Crippen molar-refractivity contribution in [2.45, 2.75) is 65.6 Å². The van der Waals surface area contributed by atoms with Crippen molar-refractivity contribution in [1.29, 1.82) is 5.41 Å². The minimum absolute atomic E-state index is 0.00991. The summed E-state index contributed by atoms with van der Waals surface area (Å²) in [6.07, 6.45) is 3.46. The van der Waals surface area contributed by atoms with Crippen LogP contribution in [0.3, 0.4) is 0 Å². The molecule has 0 aliphatic carbocycles. The molecule has 0 saturated heterocycles. The molecule has 132 valence electrons. The zero-order chi connectivity index (χ0) is 18.0. The van der Waals surface area contributed by atoms with Gasteiger partial charge in [-0.3, -0.25) is 4.90 Å². The second-order valence-electron chi connectivity index (χ2n) is 6.46. The van der Waals surface area contributed by atoms with Gasteiger partial charge >= 0.3 is 0 Å². The standard InChI is InChI=1S/C19H35N3O/c1-14(2)17(7)23-13-9-11-19(21)22(16(5)6)12-8-10-18(20)15(3)4/h16,19-20H,1,3,7-13,21H2,2,4-6H3. The van der Waals surface area contributed by atoms with E-state index in [2.05, 4.69) is 38.5 Å². The Balaban J connectivity index is 4.17. The second kappa shape index (κ2) is 11.2. The van der Waals surface area contributed by atoms with Crippen molar-refractivity contribution in [1.82, 2.24) is 4.90 Å². The number of ether oxygens (including phenoxy) is 1. The molecule has 0 radical (unpaired) electrons. The maximum Gasteiger partial charge on any atom is 0.114 e. The Kier molecular flexibility index (Phi) is 10.5. The predicted octanol–water partition coefficient (Wildman–Crippen LogP) is 4.24. The number of hydrogen-bond acceptors (Lipinski definition) is 4. The summed E-state index contributed by atoms with van der Waals surface area (Å²) in [5.41, 5.74) is 8.67. The van der Waals surface area contributed by atoms with Gasteiger partial charge in [-0.05, 0) is 64.5 Å². The molecule has 0 spiro atoms. The summed E-state index contributed by atoms with van der Waals surface area (Å²) < 4.78 is 5.53. The van der Waals surface area contributed by atoms with E-state index in [0.717, 1.165) is 43.4 Å². The highest BCUT2D eigenvalue weighted by Crippen LogP contribution is 2.12. The van der Waals surface area contributed by atoms with Gasteiger partial charge in [0.15, 0.2) is 0 Å². The molecule has 0 aromatic rings. The molecular formula is C19H35N3O. The van der Waals surface area contributed by atoms with Crippen LogP contribution in [0.2, 0.25) is 0 Å². The number of nitrogens with one attached hydrogen (secondary N) is 1. The van der Waals surface area contributed by atoms with E-state index in [0.29, 0.717) is 24.1 Å². The van der Waals surface area contributed by atoms with Crippen LogP contribution in [0.4, 0.5) is 0 Å². The van der Waals surface area contributed by atoms with E-state index in [1.54, 1.807) is 0 Å². The Morgan fingerprint density at radius 3 is 2.22 bits per heavy atom. The molecule has 0 rings (SSSR count). The van der Waals surface area contributed by atoms with Crippen LogP contribution in [0, 0.1) is 5.41 Å². The largest absolute Gasteiger partial charge is 0.494 e. The summed E-state index contributed by atoms with van der Waals surface area (Å²) in [6.45, 7) is 21.0. The first-order valence-corrected chi connectivity index (χ1v) is 8.39. The fourth-order valence-corrected chi connectivity index (χ4v) is 2.24. The smallest absolute Gasteiger partial charge is 0.114 e. The van der Waals surface area contributed by atoms with Crippen molar-refractivity contribution < 1.29 is 4.74 Å². The van der Waals surface area contributed by atoms with Crippen molar-refractivity contribution in [2.24, 2.45) is 5.73 Å². The van der Waals surface area contributed by atoms with Gasteiger partial charge in [0.1, 0.15) is 5.76 Å². The average Bonchev–Trinajstić information content (AvgIpc) is 2.46. The highest BCUT2D eigenvalue weighted by molar-refractivity contribution is 5.96. The van der Waals surface area contributed by atoms with Gasteiger partial charge in [0.25, 0.3) is 0 Å². The highest BCUT2D eigenvalue weighted by atomic mass is 16.5.